The van der Waals surface area contributed by atoms with Crippen LogP contribution in [0, 0.1) is 0 Å². The van der Waals surface area contributed by atoms with Crippen molar-refractivity contribution in [2.75, 3.05) is 46.0 Å². The van der Waals surface area contributed by atoms with Gasteiger partial charge in [-0.25, -0.2) is 4.79 Å². The third kappa shape index (κ3) is 5.05. The maximum absolute atomic E-state index is 13.6. The van der Waals surface area contributed by atoms with Crippen LogP contribution < -0.4 is 9.80 Å². The molecule has 2 aliphatic heterocycles. The molecule has 0 radical (unpaired) electrons. The summed E-state index contributed by atoms with van der Waals surface area (Å²) in [6.45, 7) is 8.83. The number of morpholine rings is 1. The number of phenols is 1. The number of likely N-dealkylation sites (tertiary alicyclic amines) is 1. The average Bonchev–Trinajstić information content (AvgIpc) is 3.21. The summed E-state index contributed by atoms with van der Waals surface area (Å²) in [5.41, 5.74) is 4.28. The van der Waals surface area contributed by atoms with E-state index in [2.05, 4.69) is 32.6 Å². The summed E-state index contributed by atoms with van der Waals surface area (Å²) in [6.07, 6.45) is 3.67. The predicted molar refractivity (Wildman–Crippen MR) is 142 cm³/mol. The van der Waals surface area contributed by atoms with E-state index in [1.165, 1.54) is 29.1 Å². The second-order valence-electron chi connectivity index (χ2n) is 9.82. The van der Waals surface area contributed by atoms with Crippen molar-refractivity contribution in [1.29, 1.82) is 0 Å². The van der Waals surface area contributed by atoms with Crippen molar-refractivity contribution in [3.05, 3.63) is 57.7 Å². The number of halogens is 1. The molecule has 36 heavy (non-hydrogen) atoms. The van der Waals surface area contributed by atoms with Crippen LogP contribution in [0.5, 0.6) is 5.75 Å². The van der Waals surface area contributed by atoms with Gasteiger partial charge in [0.25, 0.3) is 0 Å². The van der Waals surface area contributed by atoms with Crippen LogP contribution >= 0.6 is 15.9 Å². The van der Waals surface area contributed by atoms with Crippen molar-refractivity contribution in [3.8, 4) is 11.4 Å². The monoisotopic (exact) mass is 557 g/mol. The number of rotatable bonds is 7. The number of carbonyl (C=O) groups is 1. The van der Waals surface area contributed by atoms with Crippen molar-refractivity contribution < 1.29 is 29.2 Å². The van der Waals surface area contributed by atoms with Crippen LogP contribution in [0.3, 0.4) is 0 Å². The summed E-state index contributed by atoms with van der Waals surface area (Å²) < 4.78 is 14.1. The number of carbonyl (C=O) groups excluding carboxylic acids is 1. The summed E-state index contributed by atoms with van der Waals surface area (Å²) in [6, 6.07) is 12.2. The maximum Gasteiger partial charge on any atom is 0.340 e. The van der Waals surface area contributed by atoms with Gasteiger partial charge in [-0.2, -0.15) is 0 Å². The molecule has 0 bridgehead atoms. The molecule has 2 aromatic carbocycles. The number of fused-ring (bicyclic) bond motifs is 1. The molecule has 8 heteroatoms. The van der Waals surface area contributed by atoms with E-state index in [9.17, 15) is 9.90 Å². The Morgan fingerprint density at radius 2 is 1.75 bits per heavy atom. The SMILES string of the molecule is CCOC(=O)c1c(C[NH+]2CCCCC2)n(-c2ccccc2)c2cc(Br)c(O)c(C[NH+]3CCOCC3)c12. The van der Waals surface area contributed by atoms with E-state index in [4.69, 9.17) is 9.47 Å². The minimum Gasteiger partial charge on any atom is -0.506 e. The molecule has 192 valence electrons. The Morgan fingerprint density at radius 3 is 2.44 bits per heavy atom. The highest BCUT2D eigenvalue weighted by atomic mass is 79.9. The van der Waals surface area contributed by atoms with Gasteiger partial charge >= 0.3 is 5.97 Å². The first-order valence-corrected chi connectivity index (χ1v) is 13.9. The standard InChI is InChI=1S/C28H34BrN3O4/c1-2-36-28(34)26-24(19-30-11-7-4-8-12-30)32(20-9-5-3-6-10-20)23-17-22(29)27(33)21(25(23)26)18-31-13-15-35-16-14-31/h3,5-6,9-10,17,33H,2,4,7-8,11-16,18-19H2,1H3/p+2. The minimum absolute atomic E-state index is 0.203. The van der Waals surface area contributed by atoms with Crippen molar-refractivity contribution >= 4 is 32.8 Å². The first-order valence-electron chi connectivity index (χ1n) is 13.1. The Balaban J connectivity index is 1.78. The summed E-state index contributed by atoms with van der Waals surface area (Å²) in [5.74, 6) is -0.113. The summed E-state index contributed by atoms with van der Waals surface area (Å²) >= 11 is 3.62. The van der Waals surface area contributed by atoms with Gasteiger partial charge in [0.1, 0.15) is 31.9 Å². The van der Waals surface area contributed by atoms with Gasteiger partial charge in [0.05, 0.1) is 59.7 Å². The number of nitrogens with one attached hydrogen (secondary N) is 2. The van der Waals surface area contributed by atoms with Gasteiger partial charge in [-0.3, -0.25) is 0 Å². The highest BCUT2D eigenvalue weighted by Crippen LogP contribution is 2.40. The van der Waals surface area contributed by atoms with E-state index in [0.717, 1.165) is 60.6 Å². The van der Waals surface area contributed by atoms with E-state index in [-0.39, 0.29) is 11.7 Å². The number of hydrogen-bond donors (Lipinski definition) is 3. The molecule has 7 nitrogen and oxygen atoms in total. The van der Waals surface area contributed by atoms with E-state index >= 15 is 0 Å². The number of aromatic nitrogens is 1. The topological polar surface area (TPSA) is 69.6 Å². The third-order valence-electron chi connectivity index (χ3n) is 7.48. The Hall–Kier alpha value is -2.39. The molecule has 1 aromatic heterocycles. The first-order chi connectivity index (χ1) is 17.6. The van der Waals surface area contributed by atoms with Crippen LogP contribution in [0.1, 0.15) is 47.8 Å². The number of esters is 1. The van der Waals surface area contributed by atoms with Crippen LogP contribution in [0.2, 0.25) is 0 Å². The molecule has 0 atom stereocenters. The molecular weight excluding hydrogens is 522 g/mol. The van der Waals surface area contributed by atoms with E-state index in [1.807, 2.05) is 31.2 Å². The number of benzene rings is 2. The second-order valence-corrected chi connectivity index (χ2v) is 10.7. The molecular formula is C28H36BrN3O4+2. The fraction of sp³-hybridized carbons (Fsp3) is 0.464. The normalized spacial score (nSPS) is 17.5. The number of phenolic OH excluding ortho intramolecular Hbond substituents is 1. The highest BCUT2D eigenvalue weighted by molar-refractivity contribution is 9.10. The Labute approximate surface area is 220 Å². The van der Waals surface area contributed by atoms with Gasteiger partial charge in [0.2, 0.25) is 0 Å². The molecule has 0 amide bonds. The number of piperidine rings is 1. The van der Waals surface area contributed by atoms with Crippen molar-refractivity contribution in [2.24, 2.45) is 0 Å². The highest BCUT2D eigenvalue weighted by Gasteiger charge is 2.32. The zero-order valence-electron chi connectivity index (χ0n) is 20.9. The van der Waals surface area contributed by atoms with Crippen molar-refractivity contribution in [3.63, 3.8) is 0 Å². The molecule has 3 heterocycles. The number of quaternary nitrogens is 2. The molecule has 3 N–H and O–H groups in total. The molecule has 2 saturated heterocycles. The van der Waals surface area contributed by atoms with Crippen LogP contribution in [0.15, 0.2) is 40.9 Å². The van der Waals surface area contributed by atoms with E-state index in [1.54, 1.807) is 0 Å². The quantitative estimate of drug-likeness (QED) is 0.390. The van der Waals surface area contributed by atoms with Crippen molar-refractivity contribution in [2.45, 2.75) is 39.3 Å². The van der Waals surface area contributed by atoms with Gasteiger partial charge in [0, 0.05) is 11.1 Å². The third-order valence-corrected chi connectivity index (χ3v) is 8.09. The van der Waals surface area contributed by atoms with Gasteiger partial charge in [-0.05, 0) is 60.3 Å². The van der Waals surface area contributed by atoms with Gasteiger partial charge in [-0.15, -0.1) is 0 Å². The van der Waals surface area contributed by atoms with Crippen LogP contribution in [-0.2, 0) is 22.6 Å². The van der Waals surface area contributed by atoms with E-state index < -0.39 is 0 Å². The lowest BCUT2D eigenvalue weighted by atomic mass is 10.0. The zero-order chi connectivity index (χ0) is 25.1. The van der Waals surface area contributed by atoms with Gasteiger partial charge < -0.3 is 28.9 Å². The van der Waals surface area contributed by atoms with Crippen LogP contribution in [0.4, 0.5) is 0 Å². The minimum atomic E-state index is -0.316. The van der Waals surface area contributed by atoms with Crippen LogP contribution in [-0.4, -0.2) is 61.6 Å². The first kappa shape index (κ1) is 25.3. The molecule has 0 aliphatic carbocycles. The number of nitrogens with zero attached hydrogens (tertiary/aromatic N) is 1. The smallest absolute Gasteiger partial charge is 0.340 e. The van der Waals surface area contributed by atoms with Gasteiger partial charge in [-0.1, -0.05) is 18.2 Å². The lowest BCUT2D eigenvalue weighted by molar-refractivity contribution is -0.921. The predicted octanol–water partition coefficient (Wildman–Crippen LogP) is 2.26. The molecule has 0 spiro atoms. The Bertz CT molecular complexity index is 1210. The zero-order valence-corrected chi connectivity index (χ0v) is 22.5. The largest absolute Gasteiger partial charge is 0.506 e. The Morgan fingerprint density at radius 1 is 1.06 bits per heavy atom. The molecule has 0 saturated carbocycles. The number of aromatic hydroxyl groups is 1. The summed E-state index contributed by atoms with van der Waals surface area (Å²) in [7, 11) is 0. The molecule has 3 aromatic rings. The van der Waals surface area contributed by atoms with E-state index in [0.29, 0.717) is 36.4 Å². The summed E-state index contributed by atoms with van der Waals surface area (Å²) in [5, 5.41) is 12.1. The molecule has 5 rings (SSSR count). The van der Waals surface area contributed by atoms with Gasteiger partial charge in [0.15, 0.2) is 0 Å². The summed E-state index contributed by atoms with van der Waals surface area (Å²) in [4.78, 5) is 16.5. The fourth-order valence-corrected chi connectivity index (χ4v) is 6.18. The fourth-order valence-electron chi connectivity index (χ4n) is 5.72. The molecule has 2 aliphatic rings. The lowest BCUT2D eigenvalue weighted by Gasteiger charge is -2.25. The van der Waals surface area contributed by atoms with Crippen LogP contribution in [0.25, 0.3) is 16.6 Å². The molecule has 2 fully saturated rings. The lowest BCUT2D eigenvalue weighted by Crippen LogP contribution is -3.12. The molecule has 0 unspecified atom stereocenters. The number of ether oxygens (including phenoxy) is 2. The maximum atomic E-state index is 13.6. The number of hydrogen-bond acceptors (Lipinski definition) is 4. The number of para-hydroxylation sites is 1. The average molecular weight is 559 g/mol. The van der Waals surface area contributed by atoms with Crippen molar-refractivity contribution in [1.82, 2.24) is 4.57 Å². The second kappa shape index (κ2) is 11.3. The Kier molecular flexibility index (Phi) is 7.96.